The average Bonchev–Trinajstić information content (AvgIpc) is 2.39. The predicted octanol–water partition coefficient (Wildman–Crippen LogP) is 2.55. The first-order chi connectivity index (χ1) is 9.22. The molecule has 0 N–H and O–H groups in total. The second kappa shape index (κ2) is 6.21. The summed E-state index contributed by atoms with van der Waals surface area (Å²) >= 11 is 1.42. The van der Waals surface area contributed by atoms with Crippen LogP contribution in [0, 0.1) is 18.3 Å². The summed E-state index contributed by atoms with van der Waals surface area (Å²) in [4.78, 5) is 16.5. The Morgan fingerprint density at radius 1 is 1.37 bits per heavy atom. The first-order valence-electron chi connectivity index (χ1n) is 5.88. The first kappa shape index (κ1) is 13.4. The standard InChI is InChI=1S/C14H13N3OS/c1-11-10-13(18)17(12-6-3-2-4-7-12)14(16-11)19-9-5-8-15/h2-4,6-7,10H,5,9H2,1H3. The summed E-state index contributed by atoms with van der Waals surface area (Å²) in [5.41, 5.74) is 1.38. The minimum Gasteiger partial charge on any atom is -0.269 e. The van der Waals surface area contributed by atoms with Gasteiger partial charge < -0.3 is 0 Å². The molecule has 0 unspecified atom stereocenters. The van der Waals surface area contributed by atoms with E-state index in [1.807, 2.05) is 30.3 Å². The summed E-state index contributed by atoms with van der Waals surface area (Å²) in [6, 6.07) is 13.0. The van der Waals surface area contributed by atoms with E-state index < -0.39 is 0 Å². The molecule has 0 fully saturated rings. The van der Waals surface area contributed by atoms with Crippen LogP contribution in [0.1, 0.15) is 12.1 Å². The number of nitriles is 1. The monoisotopic (exact) mass is 271 g/mol. The Balaban J connectivity index is 2.47. The third kappa shape index (κ3) is 3.24. The molecule has 0 aliphatic rings. The molecule has 2 rings (SSSR count). The Kier molecular flexibility index (Phi) is 4.37. The highest BCUT2D eigenvalue weighted by Gasteiger charge is 2.09. The van der Waals surface area contributed by atoms with E-state index in [0.717, 1.165) is 5.69 Å². The SMILES string of the molecule is Cc1cc(=O)n(-c2ccccc2)c(SCCC#N)n1. The average molecular weight is 271 g/mol. The van der Waals surface area contributed by atoms with Crippen molar-refractivity contribution < 1.29 is 0 Å². The number of hydrogen-bond donors (Lipinski definition) is 0. The zero-order chi connectivity index (χ0) is 13.7. The van der Waals surface area contributed by atoms with Crippen molar-refractivity contribution in [2.24, 2.45) is 0 Å². The van der Waals surface area contributed by atoms with E-state index in [2.05, 4.69) is 11.1 Å². The number of aromatic nitrogens is 2. The van der Waals surface area contributed by atoms with Gasteiger partial charge in [0.2, 0.25) is 0 Å². The minimum atomic E-state index is -0.0989. The molecule has 0 spiro atoms. The maximum Gasteiger partial charge on any atom is 0.258 e. The van der Waals surface area contributed by atoms with Crippen molar-refractivity contribution in [3.05, 3.63) is 52.4 Å². The van der Waals surface area contributed by atoms with Gasteiger partial charge >= 0.3 is 0 Å². The molecule has 0 aliphatic heterocycles. The van der Waals surface area contributed by atoms with Crippen molar-refractivity contribution in [3.8, 4) is 11.8 Å². The molecule has 0 saturated carbocycles. The van der Waals surface area contributed by atoms with Gasteiger partial charge in [-0.25, -0.2) is 4.98 Å². The van der Waals surface area contributed by atoms with Gasteiger partial charge in [-0.1, -0.05) is 30.0 Å². The lowest BCUT2D eigenvalue weighted by Crippen LogP contribution is -2.21. The van der Waals surface area contributed by atoms with Gasteiger partial charge in [-0.05, 0) is 19.1 Å². The van der Waals surface area contributed by atoms with Crippen LogP contribution in [0.25, 0.3) is 5.69 Å². The van der Waals surface area contributed by atoms with Crippen molar-refractivity contribution in [2.45, 2.75) is 18.5 Å². The Morgan fingerprint density at radius 2 is 2.11 bits per heavy atom. The quantitative estimate of drug-likeness (QED) is 0.487. The first-order valence-corrected chi connectivity index (χ1v) is 6.87. The molecule has 4 nitrogen and oxygen atoms in total. The zero-order valence-corrected chi connectivity index (χ0v) is 11.4. The van der Waals surface area contributed by atoms with Crippen LogP contribution >= 0.6 is 11.8 Å². The van der Waals surface area contributed by atoms with Crippen molar-refractivity contribution in [3.63, 3.8) is 0 Å². The largest absolute Gasteiger partial charge is 0.269 e. The van der Waals surface area contributed by atoms with Crippen LogP contribution in [-0.4, -0.2) is 15.3 Å². The number of hydrogen-bond acceptors (Lipinski definition) is 4. The van der Waals surface area contributed by atoms with Gasteiger partial charge in [0.25, 0.3) is 5.56 Å². The summed E-state index contributed by atoms with van der Waals surface area (Å²) in [5, 5.41) is 9.22. The van der Waals surface area contributed by atoms with Crippen LogP contribution in [0.15, 0.2) is 46.3 Å². The molecule has 0 bridgehead atoms. The highest BCUT2D eigenvalue weighted by Crippen LogP contribution is 2.18. The lowest BCUT2D eigenvalue weighted by molar-refractivity contribution is 0.780. The Labute approximate surface area is 115 Å². The van der Waals surface area contributed by atoms with E-state index in [4.69, 9.17) is 5.26 Å². The number of benzene rings is 1. The Morgan fingerprint density at radius 3 is 2.79 bits per heavy atom. The highest BCUT2D eigenvalue weighted by atomic mass is 32.2. The number of rotatable bonds is 4. The summed E-state index contributed by atoms with van der Waals surface area (Å²) in [6.45, 7) is 1.80. The normalized spacial score (nSPS) is 10.1. The molecule has 0 saturated heterocycles. The lowest BCUT2D eigenvalue weighted by atomic mass is 10.3. The van der Waals surface area contributed by atoms with Gasteiger partial charge in [0.05, 0.1) is 11.8 Å². The topological polar surface area (TPSA) is 58.7 Å². The molecule has 0 radical (unpaired) electrons. The molecule has 96 valence electrons. The summed E-state index contributed by atoms with van der Waals surface area (Å²) in [5.74, 6) is 0.624. The third-order valence-corrected chi connectivity index (χ3v) is 3.42. The fraction of sp³-hybridized carbons (Fsp3) is 0.214. The molecule has 5 heteroatoms. The molecule has 2 aromatic rings. The molecule has 1 aromatic carbocycles. The molecular formula is C14H13N3OS. The Bertz CT molecular complexity index is 659. The highest BCUT2D eigenvalue weighted by molar-refractivity contribution is 7.99. The van der Waals surface area contributed by atoms with Crippen LogP contribution in [-0.2, 0) is 0 Å². The molecule has 1 heterocycles. The van der Waals surface area contributed by atoms with Crippen molar-refractivity contribution >= 4 is 11.8 Å². The molecular weight excluding hydrogens is 258 g/mol. The van der Waals surface area contributed by atoms with Crippen LogP contribution < -0.4 is 5.56 Å². The summed E-state index contributed by atoms with van der Waals surface area (Å²) in [6.07, 6.45) is 0.434. The van der Waals surface area contributed by atoms with E-state index in [0.29, 0.717) is 23.0 Å². The van der Waals surface area contributed by atoms with Crippen LogP contribution in [0.3, 0.4) is 0 Å². The number of thioether (sulfide) groups is 1. The van der Waals surface area contributed by atoms with Gasteiger partial charge in [-0.3, -0.25) is 9.36 Å². The second-order valence-corrected chi connectivity index (χ2v) is 5.01. The van der Waals surface area contributed by atoms with Crippen molar-refractivity contribution in [1.29, 1.82) is 5.26 Å². The number of nitrogens with zero attached hydrogens (tertiary/aromatic N) is 3. The zero-order valence-electron chi connectivity index (χ0n) is 10.5. The summed E-state index contributed by atoms with van der Waals surface area (Å²) in [7, 11) is 0. The van der Waals surface area contributed by atoms with Crippen molar-refractivity contribution in [1.82, 2.24) is 9.55 Å². The van der Waals surface area contributed by atoms with Crippen LogP contribution in [0.4, 0.5) is 0 Å². The minimum absolute atomic E-state index is 0.0989. The van der Waals surface area contributed by atoms with Gasteiger partial charge in [-0.2, -0.15) is 5.26 Å². The maximum atomic E-state index is 12.1. The van der Waals surface area contributed by atoms with Crippen LogP contribution in [0.5, 0.6) is 0 Å². The molecule has 0 atom stereocenters. The van der Waals surface area contributed by atoms with E-state index >= 15 is 0 Å². The fourth-order valence-electron chi connectivity index (χ4n) is 1.67. The lowest BCUT2D eigenvalue weighted by Gasteiger charge is -2.11. The Hall–Kier alpha value is -2.06. The smallest absolute Gasteiger partial charge is 0.258 e. The van der Waals surface area contributed by atoms with Crippen LogP contribution in [0.2, 0.25) is 0 Å². The number of para-hydroxylation sites is 1. The molecule has 0 amide bonds. The van der Waals surface area contributed by atoms with E-state index in [-0.39, 0.29) is 5.56 Å². The van der Waals surface area contributed by atoms with E-state index in [1.165, 1.54) is 17.8 Å². The van der Waals surface area contributed by atoms with Crippen molar-refractivity contribution in [2.75, 3.05) is 5.75 Å². The van der Waals surface area contributed by atoms with E-state index in [1.54, 1.807) is 11.5 Å². The summed E-state index contributed by atoms with van der Waals surface area (Å²) < 4.78 is 1.58. The maximum absolute atomic E-state index is 12.1. The molecule has 19 heavy (non-hydrogen) atoms. The fourth-order valence-corrected chi connectivity index (χ4v) is 2.58. The third-order valence-electron chi connectivity index (χ3n) is 2.48. The van der Waals surface area contributed by atoms with Gasteiger partial charge in [0.1, 0.15) is 0 Å². The van der Waals surface area contributed by atoms with Gasteiger partial charge in [0.15, 0.2) is 5.16 Å². The second-order valence-electron chi connectivity index (χ2n) is 3.95. The molecule has 0 aliphatic carbocycles. The van der Waals surface area contributed by atoms with Gasteiger partial charge in [-0.15, -0.1) is 0 Å². The van der Waals surface area contributed by atoms with Gasteiger partial charge in [0, 0.05) is 23.9 Å². The number of aryl methyl sites for hydroxylation is 1. The molecule has 1 aromatic heterocycles. The predicted molar refractivity (Wildman–Crippen MR) is 75.5 cm³/mol. The van der Waals surface area contributed by atoms with E-state index in [9.17, 15) is 4.79 Å².